The minimum Gasteiger partial charge on any atom is -0.359 e. The second-order valence-electron chi connectivity index (χ2n) is 3.88. The van der Waals surface area contributed by atoms with Crippen LogP contribution in [0.25, 0.3) is 0 Å². The highest BCUT2D eigenvalue weighted by molar-refractivity contribution is 4.91. The van der Waals surface area contributed by atoms with Crippen LogP contribution < -0.4 is 5.32 Å². The van der Waals surface area contributed by atoms with Gasteiger partial charge in [0.15, 0.2) is 0 Å². The molecule has 1 aliphatic rings. The lowest BCUT2D eigenvalue weighted by Gasteiger charge is -2.24. The van der Waals surface area contributed by atoms with Crippen molar-refractivity contribution < 1.29 is 4.74 Å². The van der Waals surface area contributed by atoms with Gasteiger partial charge in [0.1, 0.15) is 5.72 Å². The molecule has 0 spiro atoms. The van der Waals surface area contributed by atoms with E-state index in [1.54, 1.807) is 0 Å². The summed E-state index contributed by atoms with van der Waals surface area (Å²) in [5, 5.41) is 3.43. The van der Waals surface area contributed by atoms with E-state index in [4.69, 9.17) is 4.74 Å². The first kappa shape index (κ1) is 8.02. The molecule has 1 fully saturated rings. The number of hydrogen-bond donors (Lipinski definition) is 1. The average Bonchev–Trinajstić information content (AvgIpc) is 2.08. The van der Waals surface area contributed by atoms with Crippen LogP contribution in [-0.4, -0.2) is 17.9 Å². The highest BCUT2D eigenvalue weighted by Gasteiger charge is 2.38. The smallest absolute Gasteiger partial charge is 0.116 e. The summed E-state index contributed by atoms with van der Waals surface area (Å²) < 4.78 is 5.59. The van der Waals surface area contributed by atoms with Gasteiger partial charge >= 0.3 is 0 Å². The number of nitrogens with one attached hydrogen (secondary N) is 1. The van der Waals surface area contributed by atoms with Crippen molar-refractivity contribution in [3.8, 4) is 0 Å². The quantitative estimate of drug-likeness (QED) is 0.600. The number of hydrogen-bond acceptors (Lipinski definition) is 2. The van der Waals surface area contributed by atoms with E-state index in [1.807, 2.05) is 0 Å². The third kappa shape index (κ3) is 1.50. The molecular weight excluding hydrogens is 126 g/mol. The molecule has 0 unspecified atom stereocenters. The van der Waals surface area contributed by atoms with Crippen LogP contribution in [0.1, 0.15) is 34.1 Å². The van der Waals surface area contributed by atoms with Crippen LogP contribution in [0, 0.1) is 0 Å². The minimum absolute atomic E-state index is 0.0799. The summed E-state index contributed by atoms with van der Waals surface area (Å²) in [4.78, 5) is 0. The molecule has 2 heteroatoms. The van der Waals surface area contributed by atoms with Crippen molar-refractivity contribution in [1.82, 2.24) is 5.32 Å². The zero-order valence-corrected chi connectivity index (χ0v) is 7.32. The van der Waals surface area contributed by atoms with Crippen molar-refractivity contribution in [2.45, 2.75) is 45.4 Å². The third-order valence-electron chi connectivity index (χ3n) is 2.03. The molecule has 0 aromatic rings. The summed E-state index contributed by atoms with van der Waals surface area (Å²) in [6, 6.07) is 0. The average molecular weight is 143 g/mol. The molecule has 0 amide bonds. The highest BCUT2D eigenvalue weighted by Crippen LogP contribution is 2.24. The first-order valence-electron chi connectivity index (χ1n) is 3.91. The van der Waals surface area contributed by atoms with Crippen molar-refractivity contribution in [1.29, 1.82) is 0 Å². The molecule has 1 rings (SSSR count). The van der Waals surface area contributed by atoms with Gasteiger partial charge in [-0.25, -0.2) is 0 Å². The Morgan fingerprint density at radius 1 is 1.40 bits per heavy atom. The predicted octanol–water partition coefficient (Wildman–Crippen LogP) is 1.51. The Kier molecular flexibility index (Phi) is 1.77. The van der Waals surface area contributed by atoms with E-state index < -0.39 is 0 Å². The Bertz CT molecular complexity index is 133. The van der Waals surface area contributed by atoms with Crippen LogP contribution in [0.15, 0.2) is 0 Å². The van der Waals surface area contributed by atoms with E-state index in [9.17, 15) is 0 Å². The summed E-state index contributed by atoms with van der Waals surface area (Å²) in [6.45, 7) is 9.37. The van der Waals surface area contributed by atoms with E-state index in [0.29, 0.717) is 0 Å². The summed E-state index contributed by atoms with van der Waals surface area (Å²) in [5.41, 5.74) is 0.0776. The molecule has 0 aliphatic carbocycles. The van der Waals surface area contributed by atoms with Crippen molar-refractivity contribution in [2.24, 2.45) is 0 Å². The van der Waals surface area contributed by atoms with Gasteiger partial charge in [0.2, 0.25) is 0 Å². The second kappa shape index (κ2) is 2.21. The van der Waals surface area contributed by atoms with Gasteiger partial charge in [-0.2, -0.15) is 0 Å². The predicted molar refractivity (Wildman–Crippen MR) is 41.9 cm³/mol. The number of rotatable bonds is 1. The topological polar surface area (TPSA) is 21.3 Å². The Morgan fingerprint density at radius 2 is 2.00 bits per heavy atom. The largest absolute Gasteiger partial charge is 0.359 e. The zero-order chi connectivity index (χ0) is 7.83. The van der Waals surface area contributed by atoms with Gasteiger partial charge in [-0.05, 0) is 27.2 Å². The maximum absolute atomic E-state index is 5.59. The summed E-state index contributed by atoms with van der Waals surface area (Å²) >= 11 is 0. The van der Waals surface area contributed by atoms with E-state index in [2.05, 4.69) is 33.0 Å². The Labute approximate surface area is 63.0 Å². The van der Waals surface area contributed by atoms with Crippen LogP contribution in [0.5, 0.6) is 0 Å². The molecule has 1 aliphatic heterocycles. The van der Waals surface area contributed by atoms with Crippen molar-refractivity contribution in [2.75, 3.05) is 6.61 Å². The second-order valence-corrected chi connectivity index (χ2v) is 3.88. The van der Waals surface area contributed by atoms with Gasteiger partial charge in [-0.15, -0.1) is 0 Å². The van der Waals surface area contributed by atoms with Crippen LogP contribution >= 0.6 is 0 Å². The fourth-order valence-corrected chi connectivity index (χ4v) is 1.32. The van der Waals surface area contributed by atoms with Gasteiger partial charge in [0.25, 0.3) is 0 Å². The van der Waals surface area contributed by atoms with Gasteiger partial charge in [0, 0.05) is 5.54 Å². The summed E-state index contributed by atoms with van der Waals surface area (Å²) in [6.07, 6.45) is 1.02. The molecule has 1 N–H and O–H groups in total. The molecule has 1 saturated heterocycles. The highest BCUT2D eigenvalue weighted by atomic mass is 16.5. The zero-order valence-electron chi connectivity index (χ0n) is 7.32. The Balaban J connectivity index is 2.57. The summed E-state index contributed by atoms with van der Waals surface area (Å²) in [5.74, 6) is 0. The lowest BCUT2D eigenvalue weighted by Crippen LogP contribution is -2.45. The molecule has 1 heterocycles. The monoisotopic (exact) mass is 143 g/mol. The van der Waals surface area contributed by atoms with E-state index in [0.717, 1.165) is 13.0 Å². The van der Waals surface area contributed by atoms with E-state index in [-0.39, 0.29) is 11.3 Å². The maximum Gasteiger partial charge on any atom is 0.116 e. The normalized spacial score (nSPS) is 38.4. The molecule has 1 atom stereocenters. The van der Waals surface area contributed by atoms with Gasteiger partial charge < -0.3 is 4.74 Å². The van der Waals surface area contributed by atoms with Crippen molar-refractivity contribution in [3.63, 3.8) is 0 Å². The lowest BCUT2D eigenvalue weighted by molar-refractivity contribution is 0.00325. The first-order valence-corrected chi connectivity index (χ1v) is 3.91. The fourth-order valence-electron chi connectivity index (χ4n) is 1.32. The molecule has 60 valence electrons. The minimum atomic E-state index is -0.0799. The van der Waals surface area contributed by atoms with Crippen molar-refractivity contribution >= 4 is 0 Å². The van der Waals surface area contributed by atoms with E-state index in [1.165, 1.54) is 0 Å². The van der Waals surface area contributed by atoms with Gasteiger partial charge in [-0.1, -0.05) is 6.92 Å². The lowest BCUT2D eigenvalue weighted by atomic mass is 10.1. The third-order valence-corrected chi connectivity index (χ3v) is 2.03. The molecule has 2 nitrogen and oxygen atoms in total. The van der Waals surface area contributed by atoms with Crippen LogP contribution in [0.3, 0.4) is 0 Å². The Hall–Kier alpha value is -0.0800. The van der Waals surface area contributed by atoms with Crippen LogP contribution in [0.4, 0.5) is 0 Å². The molecule has 0 aromatic carbocycles. The summed E-state index contributed by atoms with van der Waals surface area (Å²) in [7, 11) is 0. The molecular formula is C8H17NO. The van der Waals surface area contributed by atoms with Crippen LogP contribution in [0.2, 0.25) is 0 Å². The van der Waals surface area contributed by atoms with Crippen molar-refractivity contribution in [3.05, 3.63) is 0 Å². The molecule has 0 saturated carbocycles. The standard InChI is InChI=1S/C8H17NO/c1-5-8(4)9-7(2,3)6-10-8/h9H,5-6H2,1-4H3/t8-/m1/s1. The van der Waals surface area contributed by atoms with Gasteiger partial charge in [-0.3, -0.25) is 5.32 Å². The fraction of sp³-hybridized carbons (Fsp3) is 1.00. The SMILES string of the molecule is CC[C@]1(C)NC(C)(C)CO1. The van der Waals surface area contributed by atoms with Crippen LogP contribution in [-0.2, 0) is 4.74 Å². The first-order chi connectivity index (χ1) is 4.47. The molecule has 0 aromatic heterocycles. The number of ether oxygens (including phenoxy) is 1. The molecule has 0 radical (unpaired) electrons. The molecule has 0 bridgehead atoms. The maximum atomic E-state index is 5.59. The Morgan fingerprint density at radius 3 is 2.20 bits per heavy atom. The van der Waals surface area contributed by atoms with E-state index >= 15 is 0 Å². The molecule has 10 heavy (non-hydrogen) atoms. The van der Waals surface area contributed by atoms with Gasteiger partial charge in [0.05, 0.1) is 6.61 Å².